The van der Waals surface area contributed by atoms with Crippen molar-refractivity contribution in [2.45, 2.75) is 12.5 Å². The van der Waals surface area contributed by atoms with Gasteiger partial charge in [0.05, 0.1) is 11.6 Å². The number of hydrogen-bond acceptors (Lipinski definition) is 3. The minimum Gasteiger partial charge on any atom is -0.468 e. The Labute approximate surface area is 108 Å². The maximum absolute atomic E-state index is 13.1. The summed E-state index contributed by atoms with van der Waals surface area (Å²) in [6.45, 7) is 0. The van der Waals surface area contributed by atoms with Gasteiger partial charge >= 0.3 is 5.97 Å². The van der Waals surface area contributed by atoms with Crippen molar-refractivity contribution in [3.8, 4) is 0 Å². The zero-order chi connectivity index (χ0) is 11.4. The van der Waals surface area contributed by atoms with E-state index < -0.39 is 12.0 Å². The van der Waals surface area contributed by atoms with Crippen molar-refractivity contribution in [1.82, 2.24) is 0 Å². The first kappa shape index (κ1) is 15.3. The molecule has 0 fully saturated rings. The number of hydrogen-bond donors (Lipinski definition) is 1. The lowest BCUT2D eigenvalue weighted by Gasteiger charge is -2.09. The van der Waals surface area contributed by atoms with Crippen molar-refractivity contribution in [3.05, 3.63) is 34.1 Å². The lowest BCUT2D eigenvalue weighted by Crippen LogP contribution is -2.33. The van der Waals surface area contributed by atoms with Gasteiger partial charge in [-0.05, 0) is 40.0 Å². The summed E-state index contributed by atoms with van der Waals surface area (Å²) in [5.74, 6) is -0.872. The van der Waals surface area contributed by atoms with Gasteiger partial charge < -0.3 is 10.5 Å². The van der Waals surface area contributed by atoms with Crippen LogP contribution in [0.1, 0.15) is 5.56 Å². The van der Waals surface area contributed by atoms with E-state index >= 15 is 0 Å². The molecule has 0 unspecified atom stereocenters. The van der Waals surface area contributed by atoms with Gasteiger partial charge in [-0.15, -0.1) is 12.4 Å². The monoisotopic (exact) mass is 311 g/mol. The Morgan fingerprint density at radius 3 is 2.75 bits per heavy atom. The highest BCUT2D eigenvalue weighted by Crippen LogP contribution is 2.17. The average Bonchev–Trinajstić information content (AvgIpc) is 2.22. The Hall–Kier alpha value is -0.650. The van der Waals surface area contributed by atoms with Gasteiger partial charge in [0, 0.05) is 0 Å². The van der Waals surface area contributed by atoms with E-state index in [9.17, 15) is 9.18 Å². The first-order valence-electron chi connectivity index (χ1n) is 4.32. The van der Waals surface area contributed by atoms with Crippen LogP contribution in [0.25, 0.3) is 0 Å². The molecule has 1 aromatic carbocycles. The van der Waals surface area contributed by atoms with Gasteiger partial charge in [-0.3, -0.25) is 4.79 Å². The Morgan fingerprint density at radius 2 is 2.25 bits per heavy atom. The van der Waals surface area contributed by atoms with Gasteiger partial charge in [0.2, 0.25) is 0 Å². The Morgan fingerprint density at radius 1 is 1.62 bits per heavy atom. The number of ether oxygens (including phenoxy) is 1. The minimum atomic E-state index is -0.754. The summed E-state index contributed by atoms with van der Waals surface area (Å²) >= 11 is 3.04. The van der Waals surface area contributed by atoms with E-state index in [-0.39, 0.29) is 24.6 Å². The van der Waals surface area contributed by atoms with Gasteiger partial charge in [-0.2, -0.15) is 0 Å². The van der Waals surface area contributed by atoms with Crippen LogP contribution >= 0.6 is 28.3 Å². The van der Waals surface area contributed by atoms with E-state index in [2.05, 4.69) is 20.7 Å². The summed E-state index contributed by atoms with van der Waals surface area (Å²) in [6, 6.07) is 3.87. The summed E-state index contributed by atoms with van der Waals surface area (Å²) < 4.78 is 18.0. The molecule has 2 N–H and O–H groups in total. The van der Waals surface area contributed by atoms with E-state index in [1.807, 2.05) is 0 Å². The van der Waals surface area contributed by atoms with Crippen molar-refractivity contribution in [1.29, 1.82) is 0 Å². The summed E-state index contributed by atoms with van der Waals surface area (Å²) in [7, 11) is 1.27. The van der Waals surface area contributed by atoms with Crippen LogP contribution in [0.3, 0.4) is 0 Å². The maximum Gasteiger partial charge on any atom is 0.322 e. The zero-order valence-corrected chi connectivity index (χ0v) is 11.0. The molecule has 0 saturated heterocycles. The predicted molar refractivity (Wildman–Crippen MR) is 65.0 cm³/mol. The van der Waals surface area contributed by atoms with Gasteiger partial charge in [0.25, 0.3) is 0 Å². The lowest BCUT2D eigenvalue weighted by atomic mass is 10.1. The lowest BCUT2D eigenvalue weighted by molar-refractivity contribution is -0.142. The number of esters is 1. The molecule has 0 saturated carbocycles. The second-order valence-electron chi connectivity index (χ2n) is 3.08. The van der Waals surface area contributed by atoms with Crippen LogP contribution < -0.4 is 5.73 Å². The number of nitrogens with two attached hydrogens (primary N) is 1. The van der Waals surface area contributed by atoms with Crippen molar-refractivity contribution < 1.29 is 13.9 Å². The third-order valence-electron chi connectivity index (χ3n) is 1.94. The van der Waals surface area contributed by atoms with Crippen LogP contribution in [0.4, 0.5) is 4.39 Å². The summed E-state index contributed by atoms with van der Waals surface area (Å²) in [6.07, 6.45) is 0.261. The van der Waals surface area contributed by atoms with E-state index in [1.54, 1.807) is 12.1 Å². The van der Waals surface area contributed by atoms with E-state index in [1.165, 1.54) is 13.2 Å². The smallest absolute Gasteiger partial charge is 0.322 e. The molecule has 16 heavy (non-hydrogen) atoms. The van der Waals surface area contributed by atoms with Crippen LogP contribution in [0, 0.1) is 5.82 Å². The molecule has 0 aliphatic heterocycles. The molecular weight excluding hydrogens is 300 g/mol. The van der Waals surface area contributed by atoms with Gasteiger partial charge in [-0.1, -0.05) is 6.07 Å². The number of carbonyl (C=O) groups is 1. The van der Waals surface area contributed by atoms with Crippen LogP contribution in [0.2, 0.25) is 0 Å². The molecule has 3 nitrogen and oxygen atoms in total. The maximum atomic E-state index is 13.1. The highest BCUT2D eigenvalue weighted by Gasteiger charge is 2.14. The van der Waals surface area contributed by atoms with Crippen molar-refractivity contribution in [2.75, 3.05) is 7.11 Å². The second-order valence-corrected chi connectivity index (χ2v) is 3.94. The van der Waals surface area contributed by atoms with Gasteiger partial charge in [0.15, 0.2) is 0 Å². The Kier molecular flexibility index (Phi) is 6.55. The van der Waals surface area contributed by atoms with Crippen LogP contribution in [0.5, 0.6) is 0 Å². The molecule has 0 aromatic heterocycles. The zero-order valence-electron chi connectivity index (χ0n) is 8.57. The number of rotatable bonds is 3. The Bertz CT molecular complexity index is 376. The molecule has 0 heterocycles. The molecule has 0 spiro atoms. The Balaban J connectivity index is 0.00000225. The van der Waals surface area contributed by atoms with Crippen LogP contribution in [-0.4, -0.2) is 19.1 Å². The third kappa shape index (κ3) is 4.08. The van der Waals surface area contributed by atoms with Gasteiger partial charge in [0.1, 0.15) is 11.9 Å². The highest BCUT2D eigenvalue weighted by atomic mass is 79.9. The van der Waals surface area contributed by atoms with E-state index in [0.29, 0.717) is 10.0 Å². The second kappa shape index (κ2) is 6.83. The third-order valence-corrected chi connectivity index (χ3v) is 2.59. The highest BCUT2D eigenvalue weighted by molar-refractivity contribution is 9.10. The number of methoxy groups -OCH3 is 1. The fourth-order valence-corrected chi connectivity index (χ4v) is 1.40. The van der Waals surface area contributed by atoms with Crippen molar-refractivity contribution >= 4 is 34.3 Å². The largest absolute Gasteiger partial charge is 0.468 e. The summed E-state index contributed by atoms with van der Waals surface area (Å²) in [5, 5.41) is 0. The SMILES string of the molecule is COC(=O)[C@@H](N)Cc1ccc(Br)c(F)c1.Cl. The first-order valence-corrected chi connectivity index (χ1v) is 5.11. The van der Waals surface area contributed by atoms with Crippen molar-refractivity contribution in [3.63, 3.8) is 0 Å². The molecule has 0 amide bonds. The molecule has 0 radical (unpaired) electrons. The van der Waals surface area contributed by atoms with E-state index in [0.717, 1.165) is 0 Å². The number of benzene rings is 1. The first-order chi connectivity index (χ1) is 7.04. The molecule has 1 rings (SSSR count). The molecular formula is C10H12BrClFNO2. The molecule has 0 bridgehead atoms. The molecule has 0 aliphatic carbocycles. The number of halogens is 3. The standard InChI is InChI=1S/C10H11BrFNO2.ClH/c1-15-10(14)9(13)5-6-2-3-7(11)8(12)4-6;/h2-4,9H,5,13H2,1H3;1H/t9-;/m0./s1. The molecule has 1 atom stereocenters. The fourth-order valence-electron chi connectivity index (χ4n) is 1.16. The number of carbonyl (C=O) groups excluding carboxylic acids is 1. The topological polar surface area (TPSA) is 52.3 Å². The fraction of sp³-hybridized carbons (Fsp3) is 0.300. The molecule has 0 aliphatic rings. The minimum absolute atomic E-state index is 0. The van der Waals surface area contributed by atoms with Crippen LogP contribution in [0.15, 0.2) is 22.7 Å². The summed E-state index contributed by atoms with van der Waals surface area (Å²) in [4.78, 5) is 11.0. The molecule has 1 aromatic rings. The normalized spacial score (nSPS) is 11.5. The van der Waals surface area contributed by atoms with Crippen LogP contribution in [-0.2, 0) is 16.0 Å². The van der Waals surface area contributed by atoms with Crippen molar-refractivity contribution in [2.24, 2.45) is 5.73 Å². The van der Waals surface area contributed by atoms with Gasteiger partial charge in [-0.25, -0.2) is 4.39 Å². The van der Waals surface area contributed by atoms with E-state index in [4.69, 9.17) is 5.73 Å². The average molecular weight is 313 g/mol. The molecule has 90 valence electrons. The summed E-state index contributed by atoms with van der Waals surface area (Å²) in [5.41, 5.74) is 6.20. The molecule has 6 heteroatoms. The quantitative estimate of drug-likeness (QED) is 0.869. The predicted octanol–water partition coefficient (Wildman–Crippen LogP) is 2.05.